The largest absolute Gasteiger partial charge is 0.496 e. The van der Waals surface area contributed by atoms with Gasteiger partial charge in [-0.15, -0.1) is 0 Å². The highest BCUT2D eigenvalue weighted by Gasteiger charge is 2.11. The van der Waals surface area contributed by atoms with Crippen LogP contribution >= 0.6 is 0 Å². The van der Waals surface area contributed by atoms with E-state index in [-0.39, 0.29) is 6.04 Å². The quantitative estimate of drug-likeness (QED) is 0.874. The minimum Gasteiger partial charge on any atom is -0.496 e. The normalized spacial score (nSPS) is 10.4. The maximum Gasteiger partial charge on any atom is 0.122 e. The maximum atomic E-state index is 5.96. The summed E-state index contributed by atoms with van der Waals surface area (Å²) in [6, 6.07) is 4.18. The molecule has 1 aromatic carbocycles. The Morgan fingerprint density at radius 1 is 1.00 bits per heavy atom. The molecule has 0 saturated carbocycles. The first kappa shape index (κ1) is 21.1. The lowest BCUT2D eigenvalue weighted by molar-refractivity contribution is 0.394. The van der Waals surface area contributed by atoms with Crippen molar-refractivity contribution in [2.24, 2.45) is 5.73 Å². The maximum absolute atomic E-state index is 5.96. The van der Waals surface area contributed by atoms with Crippen LogP contribution in [0.2, 0.25) is 0 Å². The molecule has 2 N–H and O–H groups in total. The van der Waals surface area contributed by atoms with Gasteiger partial charge in [-0.2, -0.15) is 0 Å². The average Bonchev–Trinajstić information content (AvgIpc) is 2.52. The van der Waals surface area contributed by atoms with Crippen LogP contribution in [0.15, 0.2) is 12.1 Å². The lowest BCUT2D eigenvalue weighted by atomic mass is 10.0. The number of benzene rings is 1. The van der Waals surface area contributed by atoms with Crippen molar-refractivity contribution < 1.29 is 9.47 Å². The van der Waals surface area contributed by atoms with Crippen LogP contribution in [0.4, 0.5) is 0 Å². The van der Waals surface area contributed by atoms with Gasteiger partial charge in [0.05, 0.1) is 14.2 Å². The number of rotatable bonds is 5. The number of nitrogens with two attached hydrogens (primary N) is 1. The molecule has 3 nitrogen and oxygen atoms in total. The highest BCUT2D eigenvalue weighted by atomic mass is 16.5. The molecule has 1 aromatic rings. The van der Waals surface area contributed by atoms with E-state index in [1.165, 1.54) is 0 Å². The van der Waals surface area contributed by atoms with Crippen molar-refractivity contribution in [2.75, 3.05) is 14.2 Å². The molecule has 0 bridgehead atoms. The SMILES string of the molecule is CC.CC.CCC(N)Cc1cc(OC)c(C)cc1OC. The second-order valence-electron chi connectivity index (χ2n) is 4.01. The molecule has 0 aliphatic carbocycles. The monoisotopic (exact) mass is 283 g/mol. The predicted octanol–water partition coefficient (Wildman–Crippen LogP) is 4.34. The van der Waals surface area contributed by atoms with Crippen molar-refractivity contribution in [3.05, 3.63) is 23.3 Å². The van der Waals surface area contributed by atoms with Crippen LogP contribution in [0.5, 0.6) is 11.5 Å². The third-order valence-corrected chi connectivity index (χ3v) is 2.80. The zero-order valence-electron chi connectivity index (χ0n) is 14.5. The molecule has 118 valence electrons. The van der Waals surface area contributed by atoms with Gasteiger partial charge < -0.3 is 15.2 Å². The van der Waals surface area contributed by atoms with E-state index < -0.39 is 0 Å². The molecule has 0 aliphatic heterocycles. The van der Waals surface area contributed by atoms with Crippen LogP contribution in [0.25, 0.3) is 0 Å². The molecule has 3 heteroatoms. The second-order valence-corrected chi connectivity index (χ2v) is 4.01. The number of ether oxygens (including phenoxy) is 2. The molecular formula is C17H33NO2. The molecule has 0 radical (unpaired) electrons. The van der Waals surface area contributed by atoms with Gasteiger partial charge in [0, 0.05) is 6.04 Å². The summed E-state index contributed by atoms with van der Waals surface area (Å²) in [6.45, 7) is 12.1. The van der Waals surface area contributed by atoms with Crippen LogP contribution in [-0.4, -0.2) is 20.3 Å². The summed E-state index contributed by atoms with van der Waals surface area (Å²) in [5.41, 5.74) is 8.15. The van der Waals surface area contributed by atoms with E-state index in [1.54, 1.807) is 14.2 Å². The van der Waals surface area contributed by atoms with Crippen molar-refractivity contribution in [2.45, 2.75) is 60.4 Å². The van der Waals surface area contributed by atoms with Crippen molar-refractivity contribution in [1.82, 2.24) is 0 Å². The first-order valence-electron chi connectivity index (χ1n) is 7.59. The molecule has 0 saturated heterocycles. The minimum atomic E-state index is 0.168. The van der Waals surface area contributed by atoms with Crippen molar-refractivity contribution in [3.8, 4) is 11.5 Å². The van der Waals surface area contributed by atoms with Crippen molar-refractivity contribution in [3.63, 3.8) is 0 Å². The smallest absolute Gasteiger partial charge is 0.122 e. The third kappa shape index (κ3) is 6.80. The molecule has 0 amide bonds. The molecule has 1 rings (SSSR count). The van der Waals surface area contributed by atoms with Gasteiger partial charge in [-0.3, -0.25) is 0 Å². The Bertz CT molecular complexity index is 351. The fourth-order valence-corrected chi connectivity index (χ4v) is 1.70. The van der Waals surface area contributed by atoms with Crippen LogP contribution in [0.3, 0.4) is 0 Å². The Hall–Kier alpha value is -1.22. The van der Waals surface area contributed by atoms with Gasteiger partial charge in [-0.25, -0.2) is 0 Å². The van der Waals surface area contributed by atoms with Crippen molar-refractivity contribution in [1.29, 1.82) is 0 Å². The van der Waals surface area contributed by atoms with Crippen molar-refractivity contribution >= 4 is 0 Å². The van der Waals surface area contributed by atoms with Crippen LogP contribution in [0, 0.1) is 6.92 Å². The van der Waals surface area contributed by atoms with E-state index in [0.29, 0.717) is 0 Å². The fraction of sp³-hybridized carbons (Fsp3) is 0.647. The van der Waals surface area contributed by atoms with Gasteiger partial charge in [0.1, 0.15) is 11.5 Å². The van der Waals surface area contributed by atoms with Gasteiger partial charge in [0.25, 0.3) is 0 Å². The Balaban J connectivity index is 0. The molecule has 0 aliphatic rings. The third-order valence-electron chi connectivity index (χ3n) is 2.80. The lowest BCUT2D eigenvalue weighted by Crippen LogP contribution is -2.21. The first-order valence-corrected chi connectivity index (χ1v) is 7.59. The topological polar surface area (TPSA) is 44.5 Å². The predicted molar refractivity (Wildman–Crippen MR) is 88.9 cm³/mol. The molecule has 0 aromatic heterocycles. The summed E-state index contributed by atoms with van der Waals surface area (Å²) in [4.78, 5) is 0. The van der Waals surface area contributed by atoms with E-state index in [9.17, 15) is 0 Å². The van der Waals surface area contributed by atoms with Crippen LogP contribution in [-0.2, 0) is 6.42 Å². The highest BCUT2D eigenvalue weighted by molar-refractivity contribution is 5.46. The Labute approximate surface area is 125 Å². The van der Waals surface area contributed by atoms with Crippen LogP contribution in [0.1, 0.15) is 52.2 Å². The first-order chi connectivity index (χ1) is 9.62. The van der Waals surface area contributed by atoms with Gasteiger partial charge in [-0.05, 0) is 43.0 Å². The summed E-state index contributed by atoms with van der Waals surface area (Å²) in [7, 11) is 3.36. The standard InChI is InChI=1S/C13H21NO2.2C2H6/c1-5-11(14)7-10-8-12(15-3)9(2)6-13(10)16-4;2*1-2/h6,8,11H,5,7,14H2,1-4H3;2*1-2H3. The summed E-state index contributed by atoms with van der Waals surface area (Å²) in [6.07, 6.45) is 1.77. The zero-order chi connectivity index (χ0) is 16.1. The summed E-state index contributed by atoms with van der Waals surface area (Å²) < 4.78 is 10.7. The Morgan fingerprint density at radius 2 is 1.50 bits per heavy atom. The molecule has 1 atom stereocenters. The van der Waals surface area contributed by atoms with Gasteiger partial charge in [0.15, 0.2) is 0 Å². The molecule has 0 heterocycles. The number of methoxy groups -OCH3 is 2. The average molecular weight is 283 g/mol. The number of hydrogen-bond donors (Lipinski definition) is 1. The van der Waals surface area contributed by atoms with Gasteiger partial charge >= 0.3 is 0 Å². The van der Waals surface area contributed by atoms with E-state index in [4.69, 9.17) is 15.2 Å². The van der Waals surface area contributed by atoms with Crippen LogP contribution < -0.4 is 15.2 Å². The second kappa shape index (κ2) is 12.8. The molecule has 0 spiro atoms. The highest BCUT2D eigenvalue weighted by Crippen LogP contribution is 2.29. The Morgan fingerprint density at radius 3 is 1.90 bits per heavy atom. The molecule has 1 unspecified atom stereocenters. The molecular weight excluding hydrogens is 250 g/mol. The van der Waals surface area contributed by atoms with E-state index in [1.807, 2.05) is 46.8 Å². The Kier molecular flexibility index (Phi) is 13.5. The van der Waals surface area contributed by atoms with E-state index in [2.05, 4.69) is 6.92 Å². The summed E-state index contributed by atoms with van der Waals surface area (Å²) in [5.74, 6) is 1.78. The minimum absolute atomic E-state index is 0.168. The molecule has 0 fully saturated rings. The lowest BCUT2D eigenvalue weighted by Gasteiger charge is -2.15. The van der Waals surface area contributed by atoms with E-state index in [0.717, 1.165) is 35.5 Å². The summed E-state index contributed by atoms with van der Waals surface area (Å²) in [5, 5.41) is 0. The zero-order valence-corrected chi connectivity index (χ0v) is 14.5. The summed E-state index contributed by atoms with van der Waals surface area (Å²) >= 11 is 0. The fourth-order valence-electron chi connectivity index (χ4n) is 1.70. The van der Waals surface area contributed by atoms with Gasteiger partial charge in [0.2, 0.25) is 0 Å². The molecule has 20 heavy (non-hydrogen) atoms. The number of aryl methyl sites for hydroxylation is 1. The van der Waals surface area contributed by atoms with Gasteiger partial charge in [-0.1, -0.05) is 34.6 Å². The number of hydrogen-bond acceptors (Lipinski definition) is 3. The van der Waals surface area contributed by atoms with E-state index >= 15 is 0 Å².